The minimum atomic E-state index is -0.156. The van der Waals surface area contributed by atoms with Gasteiger partial charge in [-0.25, -0.2) is 0 Å². The Bertz CT molecular complexity index is 641. The van der Waals surface area contributed by atoms with E-state index < -0.39 is 0 Å². The molecule has 2 heterocycles. The molecule has 1 aliphatic rings. The largest absolute Gasteiger partial charge is 0.486 e. The lowest BCUT2D eigenvalue weighted by molar-refractivity contribution is 0.0940. The Kier molecular flexibility index (Phi) is 3.93. The minimum absolute atomic E-state index is 0.156. The van der Waals surface area contributed by atoms with E-state index in [-0.39, 0.29) is 5.91 Å². The summed E-state index contributed by atoms with van der Waals surface area (Å²) in [5, 5.41) is 2.89. The molecule has 0 saturated carbocycles. The molecular weight excluding hydrogens is 342 g/mol. The Morgan fingerprint density at radius 1 is 1.25 bits per heavy atom. The van der Waals surface area contributed by atoms with Gasteiger partial charge in [-0.1, -0.05) is 6.07 Å². The summed E-state index contributed by atoms with van der Waals surface area (Å²) < 4.78 is 12.1. The van der Waals surface area contributed by atoms with Gasteiger partial charge in [-0.15, -0.1) is 11.3 Å². The third kappa shape index (κ3) is 2.81. The Morgan fingerprint density at radius 2 is 2.10 bits per heavy atom. The molecule has 0 spiro atoms. The molecule has 1 amide bonds. The maximum Gasteiger partial charge on any atom is 0.255 e. The number of thiophene rings is 1. The molecule has 20 heavy (non-hydrogen) atoms. The summed E-state index contributed by atoms with van der Waals surface area (Å²) >= 11 is 5.00. The van der Waals surface area contributed by atoms with Gasteiger partial charge in [0.25, 0.3) is 5.91 Å². The van der Waals surface area contributed by atoms with Gasteiger partial charge in [0.05, 0.1) is 15.9 Å². The number of amides is 1. The standard InChI is InChI=1S/C14H12BrNO3S/c15-12-5-4-9(20-12)8-16-14(17)10-2-1-3-11-13(10)19-7-6-18-11/h1-5H,6-8H2,(H,16,17). The minimum Gasteiger partial charge on any atom is -0.486 e. The maximum atomic E-state index is 12.2. The number of nitrogens with one attached hydrogen (secondary N) is 1. The van der Waals surface area contributed by atoms with Crippen LogP contribution in [0.1, 0.15) is 15.2 Å². The summed E-state index contributed by atoms with van der Waals surface area (Å²) in [4.78, 5) is 13.3. The Labute approximate surface area is 128 Å². The molecule has 0 bridgehead atoms. The number of carbonyl (C=O) groups excluding carboxylic acids is 1. The van der Waals surface area contributed by atoms with Crippen LogP contribution in [0.5, 0.6) is 11.5 Å². The Balaban J connectivity index is 1.74. The third-order valence-corrected chi connectivity index (χ3v) is 4.49. The van der Waals surface area contributed by atoms with Gasteiger partial charge < -0.3 is 14.8 Å². The van der Waals surface area contributed by atoms with Gasteiger partial charge in [0, 0.05) is 4.88 Å². The van der Waals surface area contributed by atoms with Crippen LogP contribution in [-0.2, 0) is 6.54 Å². The first-order chi connectivity index (χ1) is 9.74. The second-order valence-electron chi connectivity index (χ2n) is 4.22. The molecule has 2 aromatic rings. The molecule has 1 aliphatic heterocycles. The van der Waals surface area contributed by atoms with Gasteiger partial charge in [-0.05, 0) is 40.2 Å². The number of hydrogen-bond acceptors (Lipinski definition) is 4. The lowest BCUT2D eigenvalue weighted by Gasteiger charge is -2.20. The van der Waals surface area contributed by atoms with Crippen LogP contribution in [0.15, 0.2) is 34.1 Å². The number of fused-ring (bicyclic) bond motifs is 1. The molecule has 104 valence electrons. The number of ether oxygens (including phenoxy) is 2. The number of carbonyl (C=O) groups is 1. The second-order valence-corrected chi connectivity index (χ2v) is 6.77. The van der Waals surface area contributed by atoms with E-state index in [4.69, 9.17) is 9.47 Å². The van der Waals surface area contributed by atoms with Crippen LogP contribution in [0.25, 0.3) is 0 Å². The summed E-state index contributed by atoms with van der Waals surface area (Å²) in [7, 11) is 0. The van der Waals surface area contributed by atoms with Crippen molar-refractivity contribution in [3.8, 4) is 11.5 Å². The number of rotatable bonds is 3. The van der Waals surface area contributed by atoms with Crippen molar-refractivity contribution < 1.29 is 14.3 Å². The smallest absolute Gasteiger partial charge is 0.255 e. The van der Waals surface area contributed by atoms with E-state index in [1.54, 1.807) is 23.5 Å². The van der Waals surface area contributed by atoms with E-state index >= 15 is 0 Å². The zero-order valence-corrected chi connectivity index (χ0v) is 12.9. The van der Waals surface area contributed by atoms with Gasteiger partial charge in [0.2, 0.25) is 0 Å². The number of para-hydroxylation sites is 1. The Hall–Kier alpha value is -1.53. The molecule has 0 unspecified atom stereocenters. The van der Waals surface area contributed by atoms with Crippen molar-refractivity contribution in [1.82, 2.24) is 5.32 Å². The molecular formula is C14H12BrNO3S. The first-order valence-electron chi connectivity index (χ1n) is 6.15. The zero-order valence-electron chi connectivity index (χ0n) is 10.5. The van der Waals surface area contributed by atoms with Crippen LogP contribution >= 0.6 is 27.3 Å². The van der Waals surface area contributed by atoms with Gasteiger partial charge in [0.15, 0.2) is 11.5 Å². The molecule has 1 aromatic carbocycles. The third-order valence-electron chi connectivity index (χ3n) is 2.86. The highest BCUT2D eigenvalue weighted by molar-refractivity contribution is 9.11. The monoisotopic (exact) mass is 353 g/mol. The quantitative estimate of drug-likeness (QED) is 0.921. The molecule has 0 atom stereocenters. The van der Waals surface area contributed by atoms with E-state index in [1.807, 2.05) is 18.2 Å². The fourth-order valence-electron chi connectivity index (χ4n) is 1.96. The van der Waals surface area contributed by atoms with Crippen LogP contribution in [0.3, 0.4) is 0 Å². The highest BCUT2D eigenvalue weighted by Gasteiger charge is 2.20. The van der Waals surface area contributed by atoms with E-state index in [2.05, 4.69) is 21.2 Å². The van der Waals surface area contributed by atoms with Gasteiger partial charge in [-0.2, -0.15) is 0 Å². The topological polar surface area (TPSA) is 47.6 Å². The second kappa shape index (κ2) is 5.85. The van der Waals surface area contributed by atoms with Crippen LogP contribution in [0.2, 0.25) is 0 Å². The Morgan fingerprint density at radius 3 is 2.90 bits per heavy atom. The SMILES string of the molecule is O=C(NCc1ccc(Br)s1)c1cccc2c1OCCO2. The molecule has 0 fully saturated rings. The highest BCUT2D eigenvalue weighted by Crippen LogP contribution is 2.33. The van der Waals surface area contributed by atoms with Crippen molar-refractivity contribution in [2.45, 2.75) is 6.54 Å². The maximum absolute atomic E-state index is 12.2. The van der Waals surface area contributed by atoms with Crippen molar-refractivity contribution in [1.29, 1.82) is 0 Å². The van der Waals surface area contributed by atoms with Crippen LogP contribution in [0, 0.1) is 0 Å². The van der Waals surface area contributed by atoms with Crippen LogP contribution in [-0.4, -0.2) is 19.1 Å². The van der Waals surface area contributed by atoms with Crippen molar-refractivity contribution in [3.05, 3.63) is 44.6 Å². The predicted octanol–water partition coefficient (Wildman–Crippen LogP) is 3.21. The van der Waals surface area contributed by atoms with Crippen LogP contribution in [0.4, 0.5) is 0 Å². The molecule has 3 rings (SSSR count). The summed E-state index contributed by atoms with van der Waals surface area (Å²) in [5.41, 5.74) is 0.512. The average molecular weight is 354 g/mol. The molecule has 1 aromatic heterocycles. The fourth-order valence-corrected chi connectivity index (χ4v) is 3.38. The summed E-state index contributed by atoms with van der Waals surface area (Å²) in [6.07, 6.45) is 0. The molecule has 6 heteroatoms. The van der Waals surface area contributed by atoms with Gasteiger partial charge in [0.1, 0.15) is 13.2 Å². The first kappa shape index (κ1) is 13.5. The number of benzene rings is 1. The fraction of sp³-hybridized carbons (Fsp3) is 0.214. The summed E-state index contributed by atoms with van der Waals surface area (Å²) in [6, 6.07) is 9.29. The van der Waals surface area contributed by atoms with E-state index in [0.717, 1.165) is 8.66 Å². The normalized spacial score (nSPS) is 13.1. The number of halogens is 1. The zero-order chi connectivity index (χ0) is 13.9. The lowest BCUT2D eigenvalue weighted by Crippen LogP contribution is -2.25. The van der Waals surface area contributed by atoms with Crippen molar-refractivity contribution in [2.24, 2.45) is 0 Å². The lowest BCUT2D eigenvalue weighted by atomic mass is 10.1. The highest BCUT2D eigenvalue weighted by atomic mass is 79.9. The van der Waals surface area contributed by atoms with E-state index in [1.165, 1.54) is 0 Å². The molecule has 0 aliphatic carbocycles. The van der Waals surface area contributed by atoms with Crippen molar-refractivity contribution in [3.63, 3.8) is 0 Å². The molecule has 4 nitrogen and oxygen atoms in total. The molecule has 1 N–H and O–H groups in total. The molecule has 0 radical (unpaired) electrons. The molecule has 0 saturated heterocycles. The van der Waals surface area contributed by atoms with Crippen molar-refractivity contribution in [2.75, 3.05) is 13.2 Å². The van der Waals surface area contributed by atoms with Gasteiger partial charge >= 0.3 is 0 Å². The van der Waals surface area contributed by atoms with E-state index in [0.29, 0.717) is 36.8 Å². The number of hydrogen-bond donors (Lipinski definition) is 1. The van der Waals surface area contributed by atoms with Crippen LogP contribution < -0.4 is 14.8 Å². The first-order valence-corrected chi connectivity index (χ1v) is 7.76. The van der Waals surface area contributed by atoms with Crippen molar-refractivity contribution >= 4 is 33.2 Å². The summed E-state index contributed by atoms with van der Waals surface area (Å²) in [5.74, 6) is 1.00. The summed E-state index contributed by atoms with van der Waals surface area (Å²) in [6.45, 7) is 1.48. The predicted molar refractivity (Wildman–Crippen MR) is 80.6 cm³/mol. The van der Waals surface area contributed by atoms with Gasteiger partial charge in [-0.3, -0.25) is 4.79 Å². The van der Waals surface area contributed by atoms with E-state index in [9.17, 15) is 4.79 Å². The average Bonchev–Trinajstić information content (AvgIpc) is 2.90.